The van der Waals surface area contributed by atoms with E-state index in [0.29, 0.717) is 5.56 Å². The maximum Gasteiger partial charge on any atom is 0.0992 e. The molecule has 1 N–H and O–H groups in total. The van der Waals surface area contributed by atoms with E-state index in [1.54, 1.807) is 0 Å². The quantitative estimate of drug-likeness (QED) is 0.826. The van der Waals surface area contributed by atoms with Crippen LogP contribution in [0.5, 0.6) is 0 Å². The molecule has 0 saturated heterocycles. The van der Waals surface area contributed by atoms with Gasteiger partial charge in [-0.15, -0.1) is 0 Å². The summed E-state index contributed by atoms with van der Waals surface area (Å²) in [7, 11) is 0. The zero-order valence-electron chi connectivity index (χ0n) is 11.1. The molecule has 0 spiro atoms. The van der Waals surface area contributed by atoms with Crippen LogP contribution in [0.25, 0.3) is 0 Å². The number of thioether (sulfide) groups is 1. The smallest absolute Gasteiger partial charge is 0.0992 e. The molecule has 18 heavy (non-hydrogen) atoms. The van der Waals surface area contributed by atoms with E-state index in [9.17, 15) is 0 Å². The van der Waals surface area contributed by atoms with Gasteiger partial charge in [0.05, 0.1) is 11.6 Å². The van der Waals surface area contributed by atoms with Gasteiger partial charge in [-0.3, -0.25) is 0 Å². The molecule has 1 aromatic rings. The lowest BCUT2D eigenvalue weighted by molar-refractivity contribution is 0.574. The third-order valence-corrected chi connectivity index (χ3v) is 5.66. The second kappa shape index (κ2) is 7.06. The molecule has 0 saturated carbocycles. The molecule has 0 aliphatic heterocycles. The SMILES string of the molecule is CCC(CC)(CNc1ccc(C#N)cc1Br)SC. The van der Waals surface area contributed by atoms with E-state index in [-0.39, 0.29) is 4.75 Å². The summed E-state index contributed by atoms with van der Waals surface area (Å²) < 4.78 is 1.23. The van der Waals surface area contributed by atoms with Crippen LogP contribution in [0.15, 0.2) is 22.7 Å². The van der Waals surface area contributed by atoms with Crippen molar-refractivity contribution in [2.24, 2.45) is 0 Å². The van der Waals surface area contributed by atoms with Crippen molar-refractivity contribution in [2.75, 3.05) is 18.1 Å². The first-order valence-electron chi connectivity index (χ1n) is 6.09. The summed E-state index contributed by atoms with van der Waals surface area (Å²) in [6.45, 7) is 5.40. The Balaban J connectivity index is 2.77. The fourth-order valence-corrected chi connectivity index (χ4v) is 3.16. The van der Waals surface area contributed by atoms with Gasteiger partial charge >= 0.3 is 0 Å². The Labute approximate surface area is 122 Å². The average Bonchev–Trinajstić information content (AvgIpc) is 2.42. The largest absolute Gasteiger partial charge is 0.383 e. The topological polar surface area (TPSA) is 35.8 Å². The van der Waals surface area contributed by atoms with Gasteiger partial charge in [0.25, 0.3) is 0 Å². The maximum atomic E-state index is 8.83. The molecular formula is C14H19BrN2S. The third kappa shape index (κ3) is 3.66. The number of halogens is 1. The van der Waals surface area contributed by atoms with Crippen LogP contribution in [0.4, 0.5) is 5.69 Å². The molecule has 0 aromatic heterocycles. The summed E-state index contributed by atoms with van der Waals surface area (Å²) in [5, 5.41) is 12.3. The number of hydrogen-bond acceptors (Lipinski definition) is 3. The van der Waals surface area contributed by atoms with E-state index in [2.05, 4.69) is 47.4 Å². The predicted octanol–water partition coefficient (Wildman–Crippen LogP) is 4.65. The molecular weight excluding hydrogens is 308 g/mol. The number of rotatable bonds is 6. The molecule has 0 aliphatic carbocycles. The van der Waals surface area contributed by atoms with Crippen LogP contribution in [0.3, 0.4) is 0 Å². The Morgan fingerprint density at radius 1 is 1.39 bits per heavy atom. The Kier molecular flexibility index (Phi) is 6.04. The zero-order chi connectivity index (χ0) is 13.6. The van der Waals surface area contributed by atoms with Gasteiger partial charge in [0.2, 0.25) is 0 Å². The monoisotopic (exact) mass is 326 g/mol. The van der Waals surface area contributed by atoms with Crippen molar-refractivity contribution in [1.82, 2.24) is 0 Å². The number of benzene rings is 1. The highest BCUT2D eigenvalue weighted by Crippen LogP contribution is 2.32. The first-order valence-corrected chi connectivity index (χ1v) is 8.11. The summed E-state index contributed by atoms with van der Waals surface area (Å²) in [4.78, 5) is 0. The third-order valence-electron chi connectivity index (χ3n) is 3.42. The summed E-state index contributed by atoms with van der Waals surface area (Å²) in [5.41, 5.74) is 1.73. The van der Waals surface area contributed by atoms with Gasteiger partial charge in [-0.1, -0.05) is 13.8 Å². The van der Waals surface area contributed by atoms with Crippen LogP contribution < -0.4 is 5.32 Å². The standard InChI is InChI=1S/C14H19BrN2S/c1-4-14(5-2,18-3)10-17-13-7-6-11(9-16)8-12(13)15/h6-8,17H,4-5,10H2,1-3H3. The summed E-state index contributed by atoms with van der Waals surface area (Å²) >= 11 is 5.42. The molecule has 2 nitrogen and oxygen atoms in total. The van der Waals surface area contributed by atoms with Gasteiger partial charge in [0, 0.05) is 21.5 Å². The van der Waals surface area contributed by atoms with Gasteiger partial charge in [-0.05, 0) is 53.2 Å². The van der Waals surface area contributed by atoms with Gasteiger partial charge in [0.15, 0.2) is 0 Å². The van der Waals surface area contributed by atoms with E-state index in [4.69, 9.17) is 5.26 Å². The lowest BCUT2D eigenvalue weighted by Crippen LogP contribution is -2.32. The van der Waals surface area contributed by atoms with Crippen molar-refractivity contribution in [3.8, 4) is 6.07 Å². The average molecular weight is 327 g/mol. The van der Waals surface area contributed by atoms with Crippen molar-refractivity contribution in [3.63, 3.8) is 0 Å². The van der Waals surface area contributed by atoms with E-state index in [1.807, 2.05) is 30.0 Å². The van der Waals surface area contributed by atoms with E-state index in [1.165, 1.54) is 0 Å². The number of nitrogens with zero attached hydrogens (tertiary/aromatic N) is 1. The van der Waals surface area contributed by atoms with Gasteiger partial charge < -0.3 is 5.32 Å². The highest BCUT2D eigenvalue weighted by Gasteiger charge is 2.24. The van der Waals surface area contributed by atoms with Gasteiger partial charge in [-0.2, -0.15) is 17.0 Å². The Bertz CT molecular complexity index is 428. The van der Waals surface area contributed by atoms with Crippen LogP contribution in [0, 0.1) is 11.3 Å². The fraction of sp³-hybridized carbons (Fsp3) is 0.500. The molecule has 1 rings (SSSR count). The number of nitriles is 1. The van der Waals surface area contributed by atoms with Crippen LogP contribution >= 0.6 is 27.7 Å². The van der Waals surface area contributed by atoms with Crippen molar-refractivity contribution in [1.29, 1.82) is 5.26 Å². The molecule has 98 valence electrons. The predicted molar refractivity (Wildman–Crippen MR) is 84.2 cm³/mol. The normalized spacial score (nSPS) is 11.1. The Hall–Kier alpha value is -0.660. The van der Waals surface area contributed by atoms with E-state index < -0.39 is 0 Å². The van der Waals surface area contributed by atoms with E-state index in [0.717, 1.165) is 29.5 Å². The first-order chi connectivity index (χ1) is 8.60. The highest BCUT2D eigenvalue weighted by atomic mass is 79.9. The number of hydrogen-bond donors (Lipinski definition) is 1. The molecule has 0 radical (unpaired) electrons. The molecule has 0 atom stereocenters. The molecule has 4 heteroatoms. The van der Waals surface area contributed by atoms with E-state index >= 15 is 0 Å². The van der Waals surface area contributed by atoms with Gasteiger partial charge in [0.1, 0.15) is 0 Å². The summed E-state index contributed by atoms with van der Waals surface area (Å²) in [6, 6.07) is 7.78. The van der Waals surface area contributed by atoms with Crippen molar-refractivity contribution in [2.45, 2.75) is 31.4 Å². The number of anilines is 1. The Morgan fingerprint density at radius 2 is 2.06 bits per heavy atom. The van der Waals surface area contributed by atoms with Crippen LogP contribution in [0.1, 0.15) is 32.3 Å². The van der Waals surface area contributed by atoms with Crippen LogP contribution in [-0.4, -0.2) is 17.5 Å². The fourth-order valence-electron chi connectivity index (χ4n) is 1.85. The molecule has 0 heterocycles. The van der Waals surface area contributed by atoms with Crippen LogP contribution in [0.2, 0.25) is 0 Å². The van der Waals surface area contributed by atoms with Gasteiger partial charge in [-0.25, -0.2) is 0 Å². The minimum absolute atomic E-state index is 0.285. The summed E-state index contributed by atoms with van der Waals surface area (Å²) in [6.07, 6.45) is 4.46. The zero-order valence-corrected chi connectivity index (χ0v) is 13.5. The van der Waals surface area contributed by atoms with Crippen molar-refractivity contribution < 1.29 is 0 Å². The summed E-state index contributed by atoms with van der Waals surface area (Å²) in [5.74, 6) is 0. The lowest BCUT2D eigenvalue weighted by atomic mass is 10.0. The molecule has 0 amide bonds. The molecule has 0 unspecified atom stereocenters. The second-order valence-electron chi connectivity index (χ2n) is 4.25. The molecule has 0 fully saturated rings. The second-order valence-corrected chi connectivity index (χ2v) is 6.38. The van der Waals surface area contributed by atoms with Crippen LogP contribution in [-0.2, 0) is 0 Å². The lowest BCUT2D eigenvalue weighted by Gasteiger charge is -2.30. The maximum absolute atomic E-state index is 8.83. The van der Waals surface area contributed by atoms with Crippen molar-refractivity contribution in [3.05, 3.63) is 28.2 Å². The van der Waals surface area contributed by atoms with Crippen molar-refractivity contribution >= 4 is 33.4 Å². The Morgan fingerprint density at radius 3 is 2.50 bits per heavy atom. The highest BCUT2D eigenvalue weighted by molar-refractivity contribution is 9.10. The minimum Gasteiger partial charge on any atom is -0.383 e. The number of nitrogens with one attached hydrogen (secondary N) is 1. The minimum atomic E-state index is 0.285. The molecule has 1 aromatic carbocycles. The first kappa shape index (κ1) is 15.4. The molecule has 0 aliphatic rings. The molecule has 0 bridgehead atoms.